The van der Waals surface area contributed by atoms with E-state index < -0.39 is 11.6 Å². The number of hydrogen-bond acceptors (Lipinski definition) is 6. The number of hydrogen-bond donors (Lipinski definition) is 0. The first-order chi connectivity index (χ1) is 19.0. The monoisotopic (exact) mass is 538 g/mol. The summed E-state index contributed by atoms with van der Waals surface area (Å²) in [5.74, 6) is -0.800. The number of carbonyl (C=O) groups is 1. The molecule has 206 valence electrons. The number of rotatable bonds is 4. The highest BCUT2D eigenvalue weighted by atomic mass is 19.1. The second-order valence-corrected chi connectivity index (χ2v) is 10.6. The minimum absolute atomic E-state index is 0.0594. The zero-order valence-electron chi connectivity index (χ0n) is 21.8. The Morgan fingerprint density at radius 1 is 0.821 bits per heavy atom. The molecule has 3 aliphatic rings. The average molecular weight is 539 g/mol. The number of ether oxygens (including phenoxy) is 2. The molecule has 4 heterocycles. The van der Waals surface area contributed by atoms with Crippen LogP contribution in [0, 0.1) is 11.6 Å². The van der Waals surface area contributed by atoms with Crippen LogP contribution in [0.25, 0.3) is 11.0 Å². The summed E-state index contributed by atoms with van der Waals surface area (Å²) >= 11 is 0. The van der Waals surface area contributed by atoms with Gasteiger partial charge in [0.25, 0.3) is 5.91 Å². The van der Waals surface area contributed by atoms with Crippen molar-refractivity contribution >= 4 is 22.6 Å². The van der Waals surface area contributed by atoms with Crippen molar-refractivity contribution in [3.05, 3.63) is 75.1 Å². The lowest BCUT2D eigenvalue weighted by Gasteiger charge is -2.29. The molecule has 1 amide bonds. The van der Waals surface area contributed by atoms with Gasteiger partial charge in [-0.2, -0.15) is 0 Å². The van der Waals surface area contributed by atoms with Gasteiger partial charge in [0.05, 0.1) is 24.6 Å². The van der Waals surface area contributed by atoms with Crippen LogP contribution in [-0.2, 0) is 9.47 Å². The Kier molecular flexibility index (Phi) is 7.36. The van der Waals surface area contributed by atoms with Crippen molar-refractivity contribution in [1.29, 1.82) is 0 Å². The fraction of sp³-hybridized carbons (Fsp3) is 0.467. The highest BCUT2D eigenvalue weighted by Crippen LogP contribution is 2.41. The molecule has 3 saturated heterocycles. The molecule has 1 unspecified atom stereocenters. The molecule has 0 spiro atoms. The molecule has 2 atom stereocenters. The largest absolute Gasteiger partial charge is 0.460 e. The Labute approximate surface area is 225 Å². The fourth-order valence-electron chi connectivity index (χ4n) is 6.12. The molecule has 9 heteroatoms. The average Bonchev–Trinajstić information content (AvgIpc) is 3.27. The van der Waals surface area contributed by atoms with Crippen LogP contribution in [0.15, 0.2) is 45.6 Å². The zero-order chi connectivity index (χ0) is 26.9. The van der Waals surface area contributed by atoms with E-state index in [9.17, 15) is 18.4 Å². The Bertz CT molecular complexity index is 1410. The van der Waals surface area contributed by atoms with Crippen molar-refractivity contribution in [1.82, 2.24) is 4.90 Å². The third kappa shape index (κ3) is 5.30. The second kappa shape index (κ2) is 11.1. The third-order valence-corrected chi connectivity index (χ3v) is 8.07. The summed E-state index contributed by atoms with van der Waals surface area (Å²) in [7, 11) is 0. The molecular weight excluding hydrogens is 506 g/mol. The predicted molar refractivity (Wildman–Crippen MR) is 142 cm³/mol. The quantitative estimate of drug-likeness (QED) is 0.457. The highest BCUT2D eigenvalue weighted by molar-refractivity contribution is 5.99. The molecule has 3 fully saturated rings. The van der Waals surface area contributed by atoms with Gasteiger partial charge >= 0.3 is 0 Å². The molecule has 3 aliphatic heterocycles. The van der Waals surface area contributed by atoms with Crippen LogP contribution in [-0.4, -0.2) is 56.9 Å². The van der Waals surface area contributed by atoms with E-state index in [4.69, 9.17) is 13.9 Å². The number of halogens is 2. The van der Waals surface area contributed by atoms with Gasteiger partial charge in [-0.1, -0.05) is 0 Å². The van der Waals surface area contributed by atoms with Crippen LogP contribution < -0.4 is 10.3 Å². The second-order valence-electron chi connectivity index (χ2n) is 10.6. The lowest BCUT2D eigenvalue weighted by atomic mass is 9.94. The van der Waals surface area contributed by atoms with Crippen LogP contribution in [0.3, 0.4) is 0 Å². The molecule has 7 nitrogen and oxygen atoms in total. The molecule has 0 aliphatic carbocycles. The number of morpholine rings is 1. The van der Waals surface area contributed by atoms with Gasteiger partial charge in [0.15, 0.2) is 5.43 Å². The topological polar surface area (TPSA) is 72.2 Å². The van der Waals surface area contributed by atoms with Gasteiger partial charge in [0.1, 0.15) is 23.0 Å². The SMILES string of the molecule is O=C(c1cc([C@@H]2CCCN2c2cc(F)cc(F)c2)c2oc(C3CCCOCC3)cc(=O)c2c1)N1CCOCC1. The van der Waals surface area contributed by atoms with E-state index >= 15 is 0 Å². The lowest BCUT2D eigenvalue weighted by Crippen LogP contribution is -2.40. The van der Waals surface area contributed by atoms with Crippen LogP contribution in [0.2, 0.25) is 0 Å². The Hall–Kier alpha value is -3.30. The van der Waals surface area contributed by atoms with Crippen molar-refractivity contribution in [2.24, 2.45) is 0 Å². The van der Waals surface area contributed by atoms with Crippen LogP contribution in [0.5, 0.6) is 0 Å². The predicted octanol–water partition coefficient (Wildman–Crippen LogP) is 5.17. The van der Waals surface area contributed by atoms with Gasteiger partial charge in [0, 0.05) is 67.7 Å². The summed E-state index contributed by atoms with van der Waals surface area (Å²) in [4.78, 5) is 30.7. The Morgan fingerprint density at radius 3 is 2.38 bits per heavy atom. The first kappa shape index (κ1) is 26.0. The molecule has 2 aromatic carbocycles. The maximum atomic E-state index is 14.2. The third-order valence-electron chi connectivity index (χ3n) is 8.07. The van der Waals surface area contributed by atoms with E-state index in [0.29, 0.717) is 86.0 Å². The molecule has 0 radical (unpaired) electrons. The van der Waals surface area contributed by atoms with Crippen molar-refractivity contribution in [3.8, 4) is 0 Å². The summed E-state index contributed by atoms with van der Waals surface area (Å²) in [6.45, 7) is 3.75. The van der Waals surface area contributed by atoms with Gasteiger partial charge in [0.2, 0.25) is 0 Å². The first-order valence-electron chi connectivity index (χ1n) is 13.8. The van der Waals surface area contributed by atoms with Gasteiger partial charge in [-0.15, -0.1) is 0 Å². The standard InChI is InChI=1S/C30H32F2N2O5/c31-21-15-22(32)17-23(16-21)34-6-1-4-26(34)24-13-20(30(36)33-7-11-38-12-8-33)14-25-27(35)18-28(39-29(24)25)19-3-2-9-37-10-5-19/h13-19,26H,1-12H2/t19?,26-/m0/s1. The smallest absolute Gasteiger partial charge is 0.254 e. The van der Waals surface area contributed by atoms with Gasteiger partial charge in [-0.25, -0.2) is 8.78 Å². The van der Waals surface area contributed by atoms with Gasteiger partial charge in [-0.3, -0.25) is 9.59 Å². The van der Waals surface area contributed by atoms with E-state index in [1.165, 1.54) is 12.1 Å². The number of fused-ring (bicyclic) bond motifs is 1. The van der Waals surface area contributed by atoms with Crippen LogP contribution in [0.4, 0.5) is 14.5 Å². The molecule has 0 bridgehead atoms. The van der Waals surface area contributed by atoms with Crippen molar-refractivity contribution < 1.29 is 27.5 Å². The van der Waals surface area contributed by atoms with Crippen LogP contribution >= 0.6 is 0 Å². The molecule has 6 rings (SSSR count). The van der Waals surface area contributed by atoms with Crippen molar-refractivity contribution in [2.75, 3.05) is 51.0 Å². The van der Waals surface area contributed by atoms with Gasteiger partial charge < -0.3 is 23.7 Å². The number of carbonyl (C=O) groups excluding carboxylic acids is 1. The molecule has 39 heavy (non-hydrogen) atoms. The summed E-state index contributed by atoms with van der Waals surface area (Å²) in [6, 6.07) is 8.17. The van der Waals surface area contributed by atoms with E-state index in [2.05, 4.69) is 0 Å². The summed E-state index contributed by atoms with van der Waals surface area (Å²) < 4.78 is 45.9. The molecule has 0 saturated carbocycles. The number of benzene rings is 2. The molecule has 0 N–H and O–H groups in total. The number of nitrogens with zero attached hydrogens (tertiary/aromatic N) is 2. The van der Waals surface area contributed by atoms with Gasteiger partial charge in [-0.05, 0) is 56.4 Å². The molecule has 3 aromatic rings. The Morgan fingerprint density at radius 2 is 1.59 bits per heavy atom. The minimum Gasteiger partial charge on any atom is -0.460 e. The summed E-state index contributed by atoms with van der Waals surface area (Å²) in [5.41, 5.74) is 1.76. The maximum absolute atomic E-state index is 14.2. The zero-order valence-corrected chi connectivity index (χ0v) is 21.8. The minimum atomic E-state index is -0.652. The van der Waals surface area contributed by atoms with E-state index in [-0.39, 0.29) is 23.3 Å². The normalized spacial score (nSPS) is 22.3. The van der Waals surface area contributed by atoms with E-state index in [0.717, 1.165) is 31.7 Å². The summed E-state index contributed by atoms with van der Waals surface area (Å²) in [6.07, 6.45) is 3.97. The maximum Gasteiger partial charge on any atom is 0.254 e. The number of anilines is 1. The first-order valence-corrected chi connectivity index (χ1v) is 13.8. The summed E-state index contributed by atoms with van der Waals surface area (Å²) in [5, 5.41) is 0.343. The van der Waals surface area contributed by atoms with Crippen molar-refractivity contribution in [2.45, 2.75) is 44.1 Å². The van der Waals surface area contributed by atoms with E-state index in [1.807, 2.05) is 11.0 Å². The fourth-order valence-corrected chi connectivity index (χ4v) is 6.12. The van der Waals surface area contributed by atoms with E-state index in [1.54, 1.807) is 17.0 Å². The number of amides is 1. The Balaban J connectivity index is 1.49. The highest BCUT2D eigenvalue weighted by Gasteiger charge is 2.32. The molecular formula is C30H32F2N2O5. The van der Waals surface area contributed by atoms with Crippen LogP contribution in [0.1, 0.15) is 65.7 Å². The lowest BCUT2D eigenvalue weighted by molar-refractivity contribution is 0.0303. The molecule has 1 aromatic heterocycles. The van der Waals surface area contributed by atoms with Crippen molar-refractivity contribution in [3.63, 3.8) is 0 Å².